The van der Waals surface area contributed by atoms with Gasteiger partial charge < -0.3 is 25.6 Å². The minimum absolute atomic E-state index is 0.0667. The molecule has 2 rings (SSSR count). The third-order valence-electron chi connectivity index (χ3n) is 4.16. The summed E-state index contributed by atoms with van der Waals surface area (Å²) in [4.78, 5) is 46.3. The number of alkyl halides is 3. The van der Waals surface area contributed by atoms with Crippen LogP contribution in [0.5, 0.6) is 5.75 Å². The smallest absolute Gasteiger partial charge is 0.480 e. The van der Waals surface area contributed by atoms with Crippen molar-refractivity contribution >= 4 is 41.0 Å². The molecule has 0 aliphatic carbocycles. The number of nitrogens with two attached hydrogens (primary N) is 1. The lowest BCUT2D eigenvalue weighted by Crippen LogP contribution is -2.35. The number of halogens is 4. The number of rotatable bonds is 10. The van der Waals surface area contributed by atoms with Crippen molar-refractivity contribution in [2.75, 3.05) is 13.1 Å². The topological polar surface area (TPSA) is 171 Å². The van der Waals surface area contributed by atoms with E-state index in [0.717, 1.165) is 22.3 Å². The van der Waals surface area contributed by atoms with E-state index in [1.54, 1.807) is 6.07 Å². The molecule has 0 unspecified atom stereocenters. The summed E-state index contributed by atoms with van der Waals surface area (Å²) in [7, 11) is 0. The van der Waals surface area contributed by atoms with Gasteiger partial charge in [0.05, 0.1) is 0 Å². The summed E-state index contributed by atoms with van der Waals surface area (Å²) in [6.07, 6.45) is -3.26. The fourth-order valence-electron chi connectivity index (χ4n) is 2.49. The highest BCUT2D eigenvalue weighted by Crippen LogP contribution is 2.23. The second-order valence-electron chi connectivity index (χ2n) is 6.97. The molecule has 0 fully saturated rings. The van der Waals surface area contributed by atoms with Gasteiger partial charge in [-0.1, -0.05) is 6.08 Å². The molecule has 0 radical (unpaired) electrons. The van der Waals surface area contributed by atoms with E-state index in [1.165, 1.54) is 29.2 Å². The summed E-state index contributed by atoms with van der Waals surface area (Å²) < 4.78 is 50.8. The molecule has 15 heteroatoms. The molecule has 0 bridgehead atoms. The van der Waals surface area contributed by atoms with E-state index < -0.39 is 36.4 Å². The third-order valence-corrected chi connectivity index (χ3v) is 5.29. The van der Waals surface area contributed by atoms with Crippen LogP contribution in [0.3, 0.4) is 0 Å². The molecule has 37 heavy (non-hydrogen) atoms. The lowest BCUT2D eigenvalue weighted by atomic mass is 10.2. The number of aryl methyl sites for hydroxylation is 1. The average Bonchev–Trinajstić information content (AvgIpc) is 3.27. The minimum Gasteiger partial charge on any atom is -0.480 e. The fourth-order valence-corrected chi connectivity index (χ4v) is 3.37. The van der Waals surface area contributed by atoms with Gasteiger partial charge >= 0.3 is 24.1 Å². The molecule has 5 N–H and O–H groups in total. The Bertz CT molecular complexity index is 1180. The number of carbonyl (C=O) groups is 4. The summed E-state index contributed by atoms with van der Waals surface area (Å²) in [6.45, 7) is 3.22. The van der Waals surface area contributed by atoms with E-state index in [0.29, 0.717) is 6.42 Å². The van der Waals surface area contributed by atoms with E-state index in [4.69, 9.17) is 30.9 Å². The zero-order chi connectivity index (χ0) is 28.3. The molecule has 1 heterocycles. The lowest BCUT2D eigenvalue weighted by Gasteiger charge is -2.18. The number of carboxylic acid groups (broad SMARTS) is 2. The molecule has 1 amide bonds. The molecule has 0 saturated heterocycles. The van der Waals surface area contributed by atoms with Gasteiger partial charge in [-0.05, 0) is 36.8 Å². The fraction of sp³-hybridized carbons (Fsp3) is 0.227. The van der Waals surface area contributed by atoms with Gasteiger partial charge in [0.25, 0.3) is 0 Å². The van der Waals surface area contributed by atoms with Crippen LogP contribution >= 0.6 is 11.3 Å². The number of carboxylic acids is 2. The number of nitrogen functional groups attached to an aromatic ring is 1. The standard InChI is InChI=1S/C20H20FN3O5S.C2HF3O2/c1-2-9-24(11-18(26)27)17(25)8-5-13-4-7-16(30-13)20(28)29-15-6-3-12(19(22)23)10-14(15)21;3-2(4,5)1(6)7/h2-4,6-7,10H,1,5,8-9,11H2,(H3,22,23)(H,26,27);(H,6,7). The Labute approximate surface area is 211 Å². The molecule has 0 atom stereocenters. The third kappa shape index (κ3) is 10.5. The Morgan fingerprint density at radius 3 is 2.27 bits per heavy atom. The van der Waals surface area contributed by atoms with Crippen LogP contribution in [-0.2, 0) is 20.8 Å². The number of hydrogen-bond acceptors (Lipinski definition) is 7. The molecule has 0 spiro atoms. The number of thiophene rings is 1. The largest absolute Gasteiger partial charge is 0.490 e. The van der Waals surface area contributed by atoms with Gasteiger partial charge in [0.2, 0.25) is 5.91 Å². The van der Waals surface area contributed by atoms with Crippen LogP contribution < -0.4 is 10.5 Å². The van der Waals surface area contributed by atoms with Crippen molar-refractivity contribution < 1.29 is 51.7 Å². The van der Waals surface area contributed by atoms with Gasteiger partial charge in [-0.15, -0.1) is 17.9 Å². The summed E-state index contributed by atoms with van der Waals surface area (Å²) in [5, 5.41) is 23.3. The minimum atomic E-state index is -5.08. The molecule has 0 aliphatic rings. The van der Waals surface area contributed by atoms with Crippen molar-refractivity contribution in [3.05, 3.63) is 64.1 Å². The van der Waals surface area contributed by atoms with Crippen LogP contribution in [0.4, 0.5) is 17.6 Å². The van der Waals surface area contributed by atoms with E-state index >= 15 is 0 Å². The number of amides is 1. The molecule has 0 aliphatic heterocycles. The molecular formula is C22H21F4N3O7S. The van der Waals surface area contributed by atoms with Crippen LogP contribution in [0.25, 0.3) is 0 Å². The number of aliphatic carboxylic acids is 2. The van der Waals surface area contributed by atoms with Crippen LogP contribution in [0.1, 0.15) is 26.5 Å². The first-order valence-electron chi connectivity index (χ1n) is 10.0. The number of nitrogens with one attached hydrogen (secondary N) is 1. The van der Waals surface area contributed by atoms with E-state index in [9.17, 15) is 31.9 Å². The number of esters is 1. The van der Waals surface area contributed by atoms with Gasteiger partial charge in [0.15, 0.2) is 11.6 Å². The van der Waals surface area contributed by atoms with E-state index in [-0.39, 0.29) is 40.9 Å². The summed E-state index contributed by atoms with van der Waals surface area (Å²) in [6, 6.07) is 6.74. The highest BCUT2D eigenvalue weighted by molar-refractivity contribution is 7.13. The SMILES string of the molecule is C=CCN(CC(=O)O)C(=O)CCc1ccc(C(=O)Oc2ccc(C(=N)N)cc2F)s1.O=C(O)C(F)(F)F. The molecule has 10 nitrogen and oxygen atoms in total. The number of amidine groups is 1. The molecule has 200 valence electrons. The Hall–Kier alpha value is -4.27. The first kappa shape index (κ1) is 30.8. The molecule has 2 aromatic rings. The number of hydrogen-bond donors (Lipinski definition) is 4. The van der Waals surface area contributed by atoms with Crippen molar-refractivity contribution in [2.24, 2.45) is 5.73 Å². The molecule has 0 saturated carbocycles. The highest BCUT2D eigenvalue weighted by Gasteiger charge is 2.38. The maximum absolute atomic E-state index is 14.0. The van der Waals surface area contributed by atoms with Crippen LogP contribution in [0.2, 0.25) is 0 Å². The zero-order valence-corrected chi connectivity index (χ0v) is 19.7. The zero-order valence-electron chi connectivity index (χ0n) is 18.9. The Morgan fingerprint density at radius 2 is 1.78 bits per heavy atom. The monoisotopic (exact) mass is 547 g/mol. The molecule has 1 aromatic carbocycles. The summed E-state index contributed by atoms with van der Waals surface area (Å²) in [5.41, 5.74) is 5.46. The van der Waals surface area contributed by atoms with Crippen LogP contribution in [0, 0.1) is 11.2 Å². The van der Waals surface area contributed by atoms with E-state index in [2.05, 4.69) is 6.58 Å². The van der Waals surface area contributed by atoms with Gasteiger partial charge in [-0.3, -0.25) is 15.0 Å². The Balaban J connectivity index is 0.000000856. The summed E-state index contributed by atoms with van der Waals surface area (Å²) in [5.74, 6) is -6.39. The van der Waals surface area contributed by atoms with Gasteiger partial charge in [-0.25, -0.2) is 14.0 Å². The van der Waals surface area contributed by atoms with E-state index in [1.807, 2.05) is 0 Å². The second kappa shape index (κ2) is 13.7. The average molecular weight is 547 g/mol. The van der Waals surface area contributed by atoms with Crippen molar-refractivity contribution in [1.82, 2.24) is 4.90 Å². The maximum Gasteiger partial charge on any atom is 0.490 e. The first-order chi connectivity index (χ1) is 17.1. The second-order valence-corrected chi connectivity index (χ2v) is 8.14. The van der Waals surface area contributed by atoms with Crippen molar-refractivity contribution in [1.29, 1.82) is 5.41 Å². The number of ether oxygens (including phenoxy) is 1. The summed E-state index contributed by atoms with van der Waals surface area (Å²) >= 11 is 1.10. The van der Waals surface area contributed by atoms with Crippen molar-refractivity contribution in [3.8, 4) is 5.75 Å². The predicted octanol–water partition coefficient (Wildman–Crippen LogP) is 3.06. The number of carbonyl (C=O) groups excluding carboxylic acids is 2. The van der Waals surface area contributed by atoms with Crippen LogP contribution in [0.15, 0.2) is 43.0 Å². The number of nitrogens with zero attached hydrogens (tertiary/aromatic N) is 1. The predicted molar refractivity (Wildman–Crippen MR) is 123 cm³/mol. The van der Waals surface area contributed by atoms with Crippen LogP contribution in [-0.4, -0.2) is 64.0 Å². The highest BCUT2D eigenvalue weighted by atomic mass is 32.1. The van der Waals surface area contributed by atoms with Gasteiger partial charge in [-0.2, -0.15) is 13.2 Å². The molecular weight excluding hydrogens is 526 g/mol. The van der Waals surface area contributed by atoms with Gasteiger partial charge in [0, 0.05) is 23.4 Å². The van der Waals surface area contributed by atoms with Gasteiger partial charge in [0.1, 0.15) is 17.3 Å². The maximum atomic E-state index is 14.0. The Kier molecular flexibility index (Phi) is 11.4. The van der Waals surface area contributed by atoms with Crippen molar-refractivity contribution in [2.45, 2.75) is 19.0 Å². The lowest BCUT2D eigenvalue weighted by molar-refractivity contribution is -0.192. The number of benzene rings is 1. The molecule has 1 aromatic heterocycles. The first-order valence-corrected chi connectivity index (χ1v) is 10.8. The quantitative estimate of drug-likeness (QED) is 0.0878. The Morgan fingerprint density at radius 1 is 1.16 bits per heavy atom. The van der Waals surface area contributed by atoms with Crippen molar-refractivity contribution in [3.63, 3.8) is 0 Å². The normalized spacial score (nSPS) is 10.5.